The zero-order valence-electron chi connectivity index (χ0n) is 13.1. The number of aromatic nitrogens is 6. The van der Waals surface area contributed by atoms with Crippen LogP contribution in [0, 0.1) is 19.7 Å². The van der Waals surface area contributed by atoms with Gasteiger partial charge in [0, 0.05) is 17.8 Å². The van der Waals surface area contributed by atoms with E-state index in [9.17, 15) is 4.39 Å². The van der Waals surface area contributed by atoms with E-state index in [0.717, 1.165) is 22.0 Å². The minimum atomic E-state index is -0.458. The third-order valence-corrected chi connectivity index (χ3v) is 5.04. The molecule has 1 aromatic carbocycles. The van der Waals surface area contributed by atoms with Gasteiger partial charge in [0.1, 0.15) is 5.82 Å². The Morgan fingerprint density at radius 2 is 1.96 bits per heavy atom. The van der Waals surface area contributed by atoms with E-state index in [1.165, 1.54) is 17.4 Å². The molecule has 0 bridgehead atoms. The van der Waals surface area contributed by atoms with Crippen molar-refractivity contribution in [2.24, 2.45) is 7.05 Å². The van der Waals surface area contributed by atoms with Crippen LogP contribution in [-0.2, 0) is 7.05 Å². The van der Waals surface area contributed by atoms with Gasteiger partial charge in [-0.1, -0.05) is 22.9 Å². The summed E-state index contributed by atoms with van der Waals surface area (Å²) in [5.41, 5.74) is 3.18. The van der Waals surface area contributed by atoms with Crippen molar-refractivity contribution in [1.29, 1.82) is 0 Å². The first-order valence-corrected chi connectivity index (χ1v) is 8.33. The van der Waals surface area contributed by atoms with Crippen LogP contribution in [0.15, 0.2) is 18.2 Å². The third kappa shape index (κ3) is 2.22. The Hall–Kier alpha value is -2.32. The van der Waals surface area contributed by atoms with E-state index in [1.54, 1.807) is 16.6 Å². The number of benzene rings is 1. The number of hydrogen-bond acceptors (Lipinski definition) is 5. The van der Waals surface area contributed by atoms with Gasteiger partial charge >= 0.3 is 0 Å². The zero-order chi connectivity index (χ0) is 17.0. The monoisotopic (exact) mass is 362 g/mol. The lowest BCUT2D eigenvalue weighted by atomic mass is 10.2. The molecular weight excluding hydrogens is 351 g/mol. The van der Waals surface area contributed by atoms with Gasteiger partial charge in [-0.25, -0.2) is 4.39 Å². The molecule has 0 saturated carbocycles. The van der Waals surface area contributed by atoms with Crippen LogP contribution in [0.1, 0.15) is 11.4 Å². The highest BCUT2D eigenvalue weighted by molar-refractivity contribution is 7.19. The molecule has 9 heteroatoms. The SMILES string of the molecule is Cc1nn(C)c(C)c1-c1nn2c(-c3ccc(Cl)cc3F)nnc2s1. The highest BCUT2D eigenvalue weighted by Crippen LogP contribution is 2.32. The summed E-state index contributed by atoms with van der Waals surface area (Å²) in [7, 11) is 1.89. The largest absolute Gasteiger partial charge is 0.272 e. The molecule has 0 radical (unpaired) electrons. The molecule has 0 aliphatic heterocycles. The Morgan fingerprint density at radius 1 is 1.17 bits per heavy atom. The maximum absolute atomic E-state index is 14.2. The van der Waals surface area contributed by atoms with Crippen molar-refractivity contribution >= 4 is 27.9 Å². The third-order valence-electron chi connectivity index (χ3n) is 3.89. The van der Waals surface area contributed by atoms with Gasteiger partial charge in [-0.3, -0.25) is 4.68 Å². The van der Waals surface area contributed by atoms with E-state index >= 15 is 0 Å². The molecule has 0 amide bonds. The van der Waals surface area contributed by atoms with Crippen LogP contribution >= 0.6 is 22.9 Å². The molecule has 3 heterocycles. The van der Waals surface area contributed by atoms with Crippen molar-refractivity contribution in [2.75, 3.05) is 0 Å². The van der Waals surface area contributed by atoms with Gasteiger partial charge in [-0.15, -0.1) is 10.2 Å². The topological polar surface area (TPSA) is 60.9 Å². The molecule has 0 atom stereocenters. The highest BCUT2D eigenvalue weighted by atomic mass is 35.5. The fourth-order valence-corrected chi connectivity index (χ4v) is 3.79. The smallest absolute Gasteiger partial charge is 0.235 e. The molecule has 0 N–H and O–H groups in total. The molecular formula is C15H12ClFN6S. The molecule has 0 spiro atoms. The van der Waals surface area contributed by atoms with Crippen LogP contribution in [0.25, 0.3) is 26.9 Å². The van der Waals surface area contributed by atoms with Crippen molar-refractivity contribution in [3.05, 3.63) is 40.4 Å². The van der Waals surface area contributed by atoms with Crippen LogP contribution in [-0.4, -0.2) is 29.6 Å². The predicted octanol–water partition coefficient (Wildman–Crippen LogP) is 3.66. The molecule has 4 rings (SSSR count). The Labute approximate surface area is 145 Å². The van der Waals surface area contributed by atoms with Gasteiger partial charge < -0.3 is 0 Å². The van der Waals surface area contributed by atoms with E-state index in [1.807, 2.05) is 25.6 Å². The second kappa shape index (κ2) is 5.35. The maximum atomic E-state index is 14.2. The van der Waals surface area contributed by atoms with Crippen LogP contribution in [0.3, 0.4) is 0 Å². The average Bonchev–Trinajstić information content (AvgIpc) is 3.14. The van der Waals surface area contributed by atoms with Crippen molar-refractivity contribution < 1.29 is 4.39 Å². The summed E-state index contributed by atoms with van der Waals surface area (Å²) in [6.07, 6.45) is 0. The Kier molecular flexibility index (Phi) is 3.40. The first-order chi connectivity index (χ1) is 11.5. The molecule has 6 nitrogen and oxygen atoms in total. The fourth-order valence-electron chi connectivity index (χ4n) is 2.64. The average molecular weight is 363 g/mol. The standard InChI is InChI=1S/C15H12ClFN6S/c1-7-12(8(2)22(3)20-7)14-21-23-13(18-19-15(23)24-14)10-5-4-9(16)6-11(10)17/h4-6H,1-3H3. The lowest BCUT2D eigenvalue weighted by molar-refractivity contribution is 0.629. The van der Waals surface area contributed by atoms with Crippen LogP contribution < -0.4 is 0 Å². The summed E-state index contributed by atoms with van der Waals surface area (Å²) in [6, 6.07) is 4.44. The number of halogens is 2. The Morgan fingerprint density at radius 3 is 2.62 bits per heavy atom. The highest BCUT2D eigenvalue weighted by Gasteiger charge is 2.20. The molecule has 0 unspecified atom stereocenters. The molecule has 4 aromatic rings. The first-order valence-electron chi connectivity index (χ1n) is 7.14. The quantitative estimate of drug-likeness (QED) is 0.546. The summed E-state index contributed by atoms with van der Waals surface area (Å²) < 4.78 is 17.6. The van der Waals surface area contributed by atoms with Gasteiger partial charge in [0.15, 0.2) is 10.8 Å². The zero-order valence-corrected chi connectivity index (χ0v) is 14.7. The summed E-state index contributed by atoms with van der Waals surface area (Å²) in [5.74, 6) is -0.110. The molecule has 0 saturated heterocycles. The molecule has 122 valence electrons. The number of aryl methyl sites for hydroxylation is 2. The van der Waals surface area contributed by atoms with Crippen molar-refractivity contribution in [1.82, 2.24) is 29.6 Å². The second-order valence-electron chi connectivity index (χ2n) is 5.42. The summed E-state index contributed by atoms with van der Waals surface area (Å²) in [6.45, 7) is 3.92. The minimum Gasteiger partial charge on any atom is -0.272 e. The predicted molar refractivity (Wildman–Crippen MR) is 90.7 cm³/mol. The van der Waals surface area contributed by atoms with Gasteiger partial charge in [-0.2, -0.15) is 14.7 Å². The number of fused-ring (bicyclic) bond motifs is 1. The van der Waals surface area contributed by atoms with Crippen LogP contribution in [0.2, 0.25) is 5.02 Å². The molecule has 0 aliphatic carbocycles. The Bertz CT molecular complexity index is 1080. The van der Waals surface area contributed by atoms with Crippen molar-refractivity contribution in [3.63, 3.8) is 0 Å². The number of rotatable bonds is 2. The van der Waals surface area contributed by atoms with Gasteiger partial charge in [0.05, 0.1) is 16.8 Å². The summed E-state index contributed by atoms with van der Waals surface area (Å²) in [5, 5.41) is 18.3. The summed E-state index contributed by atoms with van der Waals surface area (Å²) in [4.78, 5) is 0.594. The molecule has 24 heavy (non-hydrogen) atoms. The number of nitrogens with zero attached hydrogens (tertiary/aromatic N) is 6. The van der Waals surface area contributed by atoms with E-state index in [-0.39, 0.29) is 0 Å². The first kappa shape index (κ1) is 15.2. The lowest BCUT2D eigenvalue weighted by Gasteiger charge is -2.00. The van der Waals surface area contributed by atoms with E-state index in [4.69, 9.17) is 11.6 Å². The van der Waals surface area contributed by atoms with Crippen molar-refractivity contribution in [2.45, 2.75) is 13.8 Å². The van der Waals surface area contributed by atoms with Gasteiger partial charge in [0.2, 0.25) is 4.96 Å². The fraction of sp³-hybridized carbons (Fsp3) is 0.200. The molecule has 3 aromatic heterocycles. The van der Waals surface area contributed by atoms with Gasteiger partial charge in [-0.05, 0) is 32.0 Å². The summed E-state index contributed by atoms with van der Waals surface area (Å²) >= 11 is 7.21. The maximum Gasteiger partial charge on any atom is 0.235 e. The van der Waals surface area contributed by atoms with Crippen molar-refractivity contribution in [3.8, 4) is 22.0 Å². The minimum absolute atomic E-state index is 0.309. The van der Waals surface area contributed by atoms with Gasteiger partial charge in [0.25, 0.3) is 0 Å². The van der Waals surface area contributed by atoms with Crippen LogP contribution in [0.4, 0.5) is 4.39 Å². The normalized spacial score (nSPS) is 11.5. The van der Waals surface area contributed by atoms with E-state index in [2.05, 4.69) is 20.4 Å². The number of hydrogen-bond donors (Lipinski definition) is 0. The Balaban J connectivity index is 1.90. The molecule has 0 aliphatic rings. The second-order valence-corrected chi connectivity index (χ2v) is 6.81. The molecule has 0 fully saturated rings. The lowest BCUT2D eigenvalue weighted by Crippen LogP contribution is -1.95. The van der Waals surface area contributed by atoms with Crippen LogP contribution in [0.5, 0.6) is 0 Å². The van der Waals surface area contributed by atoms with E-state index < -0.39 is 5.82 Å². The van der Waals surface area contributed by atoms with E-state index in [0.29, 0.717) is 21.4 Å².